The van der Waals surface area contributed by atoms with Gasteiger partial charge in [-0.2, -0.15) is 11.8 Å². The van der Waals surface area contributed by atoms with Gasteiger partial charge in [0.05, 0.1) is 26.7 Å². The average molecular weight is 341 g/mol. The summed E-state index contributed by atoms with van der Waals surface area (Å²) in [6.07, 6.45) is 2.04. The van der Waals surface area contributed by atoms with Gasteiger partial charge in [-0.15, -0.1) is 0 Å². The van der Waals surface area contributed by atoms with Crippen molar-refractivity contribution in [3.05, 3.63) is 23.8 Å². The number of rotatable bonds is 9. The maximum absolute atomic E-state index is 12.1. The molecule has 0 radical (unpaired) electrons. The van der Waals surface area contributed by atoms with Crippen LogP contribution in [0, 0.1) is 0 Å². The molecule has 0 heterocycles. The van der Waals surface area contributed by atoms with E-state index in [2.05, 4.69) is 5.32 Å². The predicted molar refractivity (Wildman–Crippen MR) is 90.3 cm³/mol. The first-order valence-corrected chi connectivity index (χ1v) is 8.45. The van der Waals surface area contributed by atoms with Crippen molar-refractivity contribution < 1.29 is 24.2 Å². The third-order valence-electron chi connectivity index (χ3n) is 3.41. The molecule has 1 rings (SSSR count). The number of ether oxygens (including phenoxy) is 2. The van der Waals surface area contributed by atoms with Crippen LogP contribution in [-0.4, -0.2) is 42.7 Å². The molecule has 1 aromatic carbocycles. The number of nitrogens with one attached hydrogen (secondary N) is 1. The standard InChI is InChI=1S/C16H23NO5S/c1-10(23-4)7-15(18)17-13(9-16(19)20)12-6-5-11(21-2)8-14(12)22-3/h5-6,8,10,13H,7,9H2,1-4H3,(H,17,18)(H,19,20). The third kappa shape index (κ3) is 6.02. The largest absolute Gasteiger partial charge is 0.497 e. The summed E-state index contributed by atoms with van der Waals surface area (Å²) in [5, 5.41) is 12.1. The zero-order valence-corrected chi connectivity index (χ0v) is 14.6. The lowest BCUT2D eigenvalue weighted by atomic mass is 10.0. The Morgan fingerprint density at radius 2 is 1.96 bits per heavy atom. The van der Waals surface area contributed by atoms with Crippen LogP contribution in [-0.2, 0) is 9.59 Å². The second-order valence-corrected chi connectivity index (χ2v) is 6.35. The van der Waals surface area contributed by atoms with Gasteiger partial charge in [-0.1, -0.05) is 6.92 Å². The van der Waals surface area contributed by atoms with E-state index in [9.17, 15) is 9.59 Å². The van der Waals surface area contributed by atoms with Crippen LogP contribution in [0.3, 0.4) is 0 Å². The van der Waals surface area contributed by atoms with Crippen molar-refractivity contribution in [1.29, 1.82) is 0 Å². The van der Waals surface area contributed by atoms with Gasteiger partial charge < -0.3 is 19.9 Å². The number of carboxylic acid groups (broad SMARTS) is 1. The highest BCUT2D eigenvalue weighted by molar-refractivity contribution is 7.99. The van der Waals surface area contributed by atoms with E-state index < -0.39 is 12.0 Å². The predicted octanol–water partition coefficient (Wildman–Crippen LogP) is 2.48. The summed E-state index contributed by atoms with van der Waals surface area (Å²) in [5.74, 6) is -0.0992. The fraction of sp³-hybridized carbons (Fsp3) is 0.500. The molecule has 0 aliphatic carbocycles. The summed E-state index contributed by atoms with van der Waals surface area (Å²) < 4.78 is 10.4. The SMILES string of the molecule is COc1ccc(C(CC(=O)O)NC(=O)CC(C)SC)c(OC)c1. The van der Waals surface area contributed by atoms with Gasteiger partial charge in [0.15, 0.2) is 0 Å². The number of carboxylic acids is 1. The lowest BCUT2D eigenvalue weighted by Crippen LogP contribution is -2.31. The van der Waals surface area contributed by atoms with Crippen molar-refractivity contribution in [3.63, 3.8) is 0 Å². The Hall–Kier alpha value is -1.89. The highest BCUT2D eigenvalue weighted by Gasteiger charge is 2.22. The van der Waals surface area contributed by atoms with Gasteiger partial charge in [0.25, 0.3) is 0 Å². The molecule has 0 fully saturated rings. The Balaban J connectivity index is 3.02. The number of carbonyl (C=O) groups is 2. The fourth-order valence-corrected chi connectivity index (χ4v) is 2.44. The van der Waals surface area contributed by atoms with Crippen molar-refractivity contribution in [2.45, 2.75) is 31.1 Å². The van der Waals surface area contributed by atoms with Gasteiger partial charge in [-0.3, -0.25) is 9.59 Å². The number of thioether (sulfide) groups is 1. The summed E-state index contributed by atoms with van der Waals surface area (Å²) in [6, 6.07) is 4.43. The maximum atomic E-state index is 12.1. The van der Waals surface area contributed by atoms with E-state index in [1.807, 2.05) is 13.2 Å². The highest BCUT2D eigenvalue weighted by Crippen LogP contribution is 2.31. The molecule has 0 aromatic heterocycles. The van der Waals surface area contributed by atoms with Crippen molar-refractivity contribution in [2.75, 3.05) is 20.5 Å². The Labute approximate surface area is 140 Å². The first-order valence-electron chi connectivity index (χ1n) is 7.17. The number of methoxy groups -OCH3 is 2. The fourth-order valence-electron chi connectivity index (χ4n) is 2.12. The van der Waals surface area contributed by atoms with Crippen LogP contribution in [0.25, 0.3) is 0 Å². The maximum Gasteiger partial charge on any atom is 0.305 e. The molecule has 6 nitrogen and oxygen atoms in total. The van der Waals surface area contributed by atoms with Gasteiger partial charge >= 0.3 is 5.97 Å². The molecule has 1 aromatic rings. The quantitative estimate of drug-likeness (QED) is 0.718. The molecule has 2 N–H and O–H groups in total. The monoisotopic (exact) mass is 341 g/mol. The van der Waals surface area contributed by atoms with Gasteiger partial charge in [0, 0.05) is 23.3 Å². The average Bonchev–Trinajstić information content (AvgIpc) is 2.52. The minimum atomic E-state index is -0.994. The second-order valence-electron chi connectivity index (χ2n) is 5.08. The van der Waals surface area contributed by atoms with Crippen molar-refractivity contribution in [3.8, 4) is 11.5 Å². The first kappa shape index (κ1) is 19.2. The summed E-state index contributed by atoms with van der Waals surface area (Å²) in [7, 11) is 3.03. The van der Waals surface area contributed by atoms with Crippen molar-refractivity contribution >= 4 is 23.6 Å². The van der Waals surface area contributed by atoms with E-state index in [4.69, 9.17) is 14.6 Å². The van der Waals surface area contributed by atoms with Crippen LogP contribution in [0.4, 0.5) is 0 Å². The van der Waals surface area contributed by atoms with E-state index in [1.165, 1.54) is 14.2 Å². The van der Waals surface area contributed by atoms with E-state index >= 15 is 0 Å². The highest BCUT2D eigenvalue weighted by atomic mass is 32.2. The third-order valence-corrected chi connectivity index (χ3v) is 4.38. The molecular weight excluding hydrogens is 318 g/mol. The first-order chi connectivity index (χ1) is 10.9. The lowest BCUT2D eigenvalue weighted by molar-refractivity contribution is -0.137. The molecule has 2 unspecified atom stereocenters. The number of hydrogen-bond acceptors (Lipinski definition) is 5. The van der Waals surface area contributed by atoms with E-state index in [0.29, 0.717) is 23.5 Å². The van der Waals surface area contributed by atoms with Crippen LogP contribution < -0.4 is 14.8 Å². The zero-order chi connectivity index (χ0) is 17.4. The Morgan fingerprint density at radius 3 is 2.48 bits per heavy atom. The molecule has 0 aliphatic rings. The minimum Gasteiger partial charge on any atom is -0.497 e. The van der Waals surface area contributed by atoms with E-state index in [0.717, 1.165) is 0 Å². The number of hydrogen-bond donors (Lipinski definition) is 2. The van der Waals surface area contributed by atoms with E-state index in [-0.39, 0.29) is 17.6 Å². The Bertz CT molecular complexity index is 549. The van der Waals surface area contributed by atoms with Crippen LogP contribution in [0.15, 0.2) is 18.2 Å². The summed E-state index contributed by atoms with van der Waals surface area (Å²) in [4.78, 5) is 23.3. The number of aliphatic carboxylic acids is 1. The Kier molecular flexibility index (Phi) is 7.74. The van der Waals surface area contributed by atoms with Crippen LogP contribution >= 0.6 is 11.8 Å². The molecule has 0 aliphatic heterocycles. The zero-order valence-electron chi connectivity index (χ0n) is 13.8. The van der Waals surface area contributed by atoms with Crippen LogP contribution in [0.5, 0.6) is 11.5 Å². The smallest absolute Gasteiger partial charge is 0.305 e. The van der Waals surface area contributed by atoms with Gasteiger partial charge in [-0.05, 0) is 18.4 Å². The molecule has 128 valence electrons. The molecule has 1 amide bonds. The van der Waals surface area contributed by atoms with Crippen LogP contribution in [0.1, 0.15) is 31.4 Å². The van der Waals surface area contributed by atoms with Gasteiger partial charge in [0.1, 0.15) is 11.5 Å². The normalized spacial score (nSPS) is 13.0. The summed E-state index contributed by atoms with van der Waals surface area (Å²) in [5.41, 5.74) is 0.612. The summed E-state index contributed by atoms with van der Waals surface area (Å²) in [6.45, 7) is 1.95. The molecular formula is C16H23NO5S. The molecule has 23 heavy (non-hydrogen) atoms. The van der Waals surface area contributed by atoms with Gasteiger partial charge in [0.2, 0.25) is 5.91 Å². The number of carbonyl (C=O) groups excluding carboxylic acids is 1. The Morgan fingerprint density at radius 1 is 1.26 bits per heavy atom. The molecule has 0 saturated heterocycles. The summed E-state index contributed by atoms with van der Waals surface area (Å²) >= 11 is 1.58. The second kappa shape index (κ2) is 9.29. The molecule has 0 bridgehead atoms. The number of amides is 1. The molecule has 0 saturated carbocycles. The molecule has 2 atom stereocenters. The number of benzene rings is 1. The molecule has 7 heteroatoms. The lowest BCUT2D eigenvalue weighted by Gasteiger charge is -2.21. The van der Waals surface area contributed by atoms with Crippen molar-refractivity contribution in [2.24, 2.45) is 0 Å². The van der Waals surface area contributed by atoms with Crippen LogP contribution in [0.2, 0.25) is 0 Å². The molecule has 0 spiro atoms. The minimum absolute atomic E-state index is 0.165. The topological polar surface area (TPSA) is 84.9 Å². The van der Waals surface area contributed by atoms with Gasteiger partial charge in [-0.25, -0.2) is 0 Å². The van der Waals surface area contributed by atoms with Crippen molar-refractivity contribution in [1.82, 2.24) is 5.32 Å². The van der Waals surface area contributed by atoms with E-state index in [1.54, 1.807) is 30.0 Å².